The van der Waals surface area contributed by atoms with Gasteiger partial charge in [-0.3, -0.25) is 4.79 Å². The zero-order valence-corrected chi connectivity index (χ0v) is 20.5. The quantitative estimate of drug-likeness (QED) is 0.199. The number of fused-ring (bicyclic) bond motifs is 5. The van der Waals surface area contributed by atoms with Crippen LogP contribution >= 0.6 is 0 Å². The van der Waals surface area contributed by atoms with Gasteiger partial charge in [0.1, 0.15) is 5.69 Å². The number of carbonyl (C=O) groups excluding carboxylic acids is 1. The maximum absolute atomic E-state index is 12.7. The second-order valence-corrected chi connectivity index (χ2v) is 9.92. The van der Waals surface area contributed by atoms with Crippen molar-refractivity contribution in [2.24, 2.45) is 5.41 Å². The Bertz CT molecular complexity index is 1450. The smallest absolute Gasteiger partial charge is 0.162 e. The summed E-state index contributed by atoms with van der Waals surface area (Å²) >= 11 is 0. The van der Waals surface area contributed by atoms with Gasteiger partial charge < -0.3 is 0 Å². The Labute approximate surface area is 207 Å². The van der Waals surface area contributed by atoms with Crippen molar-refractivity contribution in [1.29, 1.82) is 0 Å². The van der Waals surface area contributed by atoms with Crippen LogP contribution in [0.1, 0.15) is 67.1 Å². The second-order valence-electron chi connectivity index (χ2n) is 9.92. The van der Waals surface area contributed by atoms with Crippen LogP contribution in [0.5, 0.6) is 0 Å². The van der Waals surface area contributed by atoms with Gasteiger partial charge in [-0.2, -0.15) is 0 Å². The van der Waals surface area contributed by atoms with Crippen molar-refractivity contribution in [3.05, 3.63) is 95.1 Å². The van der Waals surface area contributed by atoms with Gasteiger partial charge in [0.15, 0.2) is 5.78 Å². The van der Waals surface area contributed by atoms with E-state index in [1.807, 2.05) is 65.3 Å². The molecular formula is C31H29N3O. The van der Waals surface area contributed by atoms with Crippen LogP contribution in [-0.2, 0) is 6.54 Å². The van der Waals surface area contributed by atoms with E-state index in [-0.39, 0.29) is 11.2 Å². The largest absolute Gasteiger partial charge is 0.294 e. The SMILES string of the molecule is CCC(C)(C)CCC(=O)c1ccc(Cn2nnc3c2-c2ccccc2C#Cc2ccccc2-3)cc1. The molecule has 1 heterocycles. The van der Waals surface area contributed by atoms with E-state index in [9.17, 15) is 4.79 Å². The normalized spacial score (nSPS) is 11.9. The molecule has 0 saturated heterocycles. The lowest BCUT2D eigenvalue weighted by atomic mass is 9.84. The van der Waals surface area contributed by atoms with E-state index in [0.29, 0.717) is 13.0 Å². The van der Waals surface area contributed by atoms with Crippen LogP contribution in [-0.4, -0.2) is 20.8 Å². The molecule has 4 nitrogen and oxygen atoms in total. The highest BCUT2D eigenvalue weighted by molar-refractivity contribution is 5.96. The molecule has 0 amide bonds. The fourth-order valence-electron chi connectivity index (χ4n) is 4.35. The summed E-state index contributed by atoms with van der Waals surface area (Å²) in [6.07, 6.45) is 2.55. The topological polar surface area (TPSA) is 47.8 Å². The van der Waals surface area contributed by atoms with Crippen molar-refractivity contribution < 1.29 is 4.79 Å². The summed E-state index contributed by atoms with van der Waals surface area (Å²) < 4.78 is 1.94. The average Bonchev–Trinajstić information content (AvgIpc) is 3.28. The Morgan fingerprint density at radius 3 is 2.20 bits per heavy atom. The maximum Gasteiger partial charge on any atom is 0.162 e. The van der Waals surface area contributed by atoms with Crippen LogP contribution in [0.3, 0.4) is 0 Å². The number of hydrogen-bond donors (Lipinski definition) is 0. The predicted molar refractivity (Wildman–Crippen MR) is 140 cm³/mol. The van der Waals surface area contributed by atoms with Crippen LogP contribution in [0.25, 0.3) is 22.5 Å². The standard InChI is InChI=1S/C31H29N3O/c1-4-31(2,3)20-19-28(35)25-15-13-22(14-16-25)21-34-30-27-12-8-6-10-24(27)18-17-23-9-5-7-11-26(23)29(30)32-33-34/h5-16H,4,19-21H2,1-3H3. The molecule has 35 heavy (non-hydrogen) atoms. The van der Waals surface area contributed by atoms with Crippen LogP contribution in [0, 0.1) is 17.3 Å². The molecule has 0 radical (unpaired) electrons. The van der Waals surface area contributed by atoms with Crippen molar-refractivity contribution in [1.82, 2.24) is 15.0 Å². The van der Waals surface area contributed by atoms with Gasteiger partial charge in [-0.1, -0.05) is 105 Å². The number of Topliss-reactive ketones (excluding diaryl/α,β-unsaturated/α-hetero) is 1. The molecule has 1 aromatic heterocycles. The minimum absolute atomic E-state index is 0.193. The molecule has 0 fully saturated rings. The summed E-state index contributed by atoms with van der Waals surface area (Å²) in [5.41, 5.74) is 7.76. The molecule has 0 bridgehead atoms. The molecule has 4 aromatic rings. The minimum atomic E-state index is 0.193. The first-order valence-electron chi connectivity index (χ1n) is 12.2. The first-order valence-corrected chi connectivity index (χ1v) is 12.2. The number of hydrogen-bond acceptors (Lipinski definition) is 3. The molecular weight excluding hydrogens is 430 g/mol. The van der Waals surface area contributed by atoms with E-state index < -0.39 is 0 Å². The zero-order valence-electron chi connectivity index (χ0n) is 20.5. The highest BCUT2D eigenvalue weighted by Crippen LogP contribution is 2.35. The van der Waals surface area contributed by atoms with Crippen molar-refractivity contribution in [3.63, 3.8) is 0 Å². The number of ketones is 1. The molecule has 0 saturated carbocycles. The number of rotatable bonds is 7. The molecule has 0 spiro atoms. The third-order valence-electron chi connectivity index (χ3n) is 7.03. The van der Waals surface area contributed by atoms with E-state index in [1.54, 1.807) is 0 Å². The third kappa shape index (κ3) is 4.68. The van der Waals surface area contributed by atoms with Gasteiger partial charge in [0.05, 0.1) is 12.2 Å². The second kappa shape index (κ2) is 9.35. The molecule has 0 atom stereocenters. The van der Waals surface area contributed by atoms with E-state index in [0.717, 1.165) is 57.6 Å². The lowest BCUT2D eigenvalue weighted by Gasteiger charge is -2.21. The Balaban J connectivity index is 1.45. The average molecular weight is 460 g/mol. The summed E-state index contributed by atoms with van der Waals surface area (Å²) in [6, 6.07) is 24.1. The first-order chi connectivity index (χ1) is 16.9. The van der Waals surface area contributed by atoms with Crippen molar-refractivity contribution >= 4 is 5.78 Å². The van der Waals surface area contributed by atoms with Gasteiger partial charge in [0.2, 0.25) is 0 Å². The van der Waals surface area contributed by atoms with Crippen LogP contribution < -0.4 is 0 Å². The van der Waals surface area contributed by atoms with Crippen LogP contribution in [0.15, 0.2) is 72.8 Å². The molecule has 0 N–H and O–H groups in total. The Hall–Kier alpha value is -3.97. The molecule has 3 aromatic carbocycles. The predicted octanol–water partition coefficient (Wildman–Crippen LogP) is 6.77. The summed E-state index contributed by atoms with van der Waals surface area (Å²) in [4.78, 5) is 12.7. The fraction of sp³-hybridized carbons (Fsp3) is 0.258. The van der Waals surface area contributed by atoms with Gasteiger partial charge >= 0.3 is 0 Å². The molecule has 1 aliphatic carbocycles. The number of carbonyl (C=O) groups is 1. The Kier molecular flexibility index (Phi) is 6.09. The van der Waals surface area contributed by atoms with Gasteiger partial charge in [-0.05, 0) is 29.5 Å². The number of nitrogens with zero attached hydrogens (tertiary/aromatic N) is 3. The first kappa shape index (κ1) is 22.8. The van der Waals surface area contributed by atoms with Gasteiger partial charge in [-0.15, -0.1) is 5.10 Å². The molecule has 174 valence electrons. The Morgan fingerprint density at radius 1 is 0.886 bits per heavy atom. The highest BCUT2D eigenvalue weighted by atomic mass is 16.1. The summed E-state index contributed by atoms with van der Waals surface area (Å²) in [5, 5.41) is 9.13. The lowest BCUT2D eigenvalue weighted by molar-refractivity contribution is 0.0962. The molecule has 0 unspecified atom stereocenters. The minimum Gasteiger partial charge on any atom is -0.294 e. The van der Waals surface area contributed by atoms with Crippen molar-refractivity contribution in [2.45, 2.75) is 46.6 Å². The van der Waals surface area contributed by atoms with Crippen LogP contribution in [0.2, 0.25) is 0 Å². The van der Waals surface area contributed by atoms with Gasteiger partial charge in [0.25, 0.3) is 0 Å². The molecule has 1 aliphatic rings. The Morgan fingerprint density at radius 2 is 1.51 bits per heavy atom. The fourth-order valence-corrected chi connectivity index (χ4v) is 4.35. The summed E-state index contributed by atoms with van der Waals surface area (Å²) in [5.74, 6) is 6.84. The van der Waals surface area contributed by atoms with Gasteiger partial charge in [-0.25, -0.2) is 4.68 Å². The number of aromatic nitrogens is 3. The number of benzene rings is 3. The maximum atomic E-state index is 12.7. The molecule has 5 rings (SSSR count). The van der Waals surface area contributed by atoms with E-state index >= 15 is 0 Å². The van der Waals surface area contributed by atoms with Crippen LogP contribution in [0.4, 0.5) is 0 Å². The zero-order chi connectivity index (χ0) is 24.4. The monoisotopic (exact) mass is 459 g/mol. The molecule has 0 aliphatic heterocycles. The van der Waals surface area contributed by atoms with E-state index in [4.69, 9.17) is 0 Å². The summed E-state index contributed by atoms with van der Waals surface area (Å²) in [6.45, 7) is 7.17. The lowest BCUT2D eigenvalue weighted by Crippen LogP contribution is -2.12. The summed E-state index contributed by atoms with van der Waals surface area (Å²) in [7, 11) is 0. The third-order valence-corrected chi connectivity index (χ3v) is 7.03. The van der Waals surface area contributed by atoms with E-state index in [2.05, 4.69) is 55.1 Å². The van der Waals surface area contributed by atoms with Crippen molar-refractivity contribution in [3.8, 4) is 34.4 Å². The van der Waals surface area contributed by atoms with Gasteiger partial charge in [0, 0.05) is 34.2 Å². The molecule has 4 heteroatoms. The van der Waals surface area contributed by atoms with Crippen molar-refractivity contribution in [2.75, 3.05) is 0 Å². The highest BCUT2D eigenvalue weighted by Gasteiger charge is 2.22. The van der Waals surface area contributed by atoms with E-state index in [1.165, 1.54) is 0 Å².